The summed E-state index contributed by atoms with van der Waals surface area (Å²) in [6.07, 6.45) is 3.39. The topological polar surface area (TPSA) is 13.1 Å². The van der Waals surface area contributed by atoms with Gasteiger partial charge in [0, 0.05) is 5.39 Å². The van der Waals surface area contributed by atoms with Crippen molar-refractivity contribution >= 4 is 23.6 Å². The lowest BCUT2D eigenvalue weighted by atomic mass is 10.3. The molecule has 0 saturated heterocycles. The van der Waals surface area contributed by atoms with Gasteiger partial charge >= 0.3 is 0 Å². The Hall–Kier alpha value is -0.890. The van der Waals surface area contributed by atoms with E-state index >= 15 is 0 Å². The summed E-state index contributed by atoms with van der Waals surface area (Å²) in [5, 5.41) is 1.16. The summed E-state index contributed by atoms with van der Waals surface area (Å²) in [6.45, 7) is 0. The van der Waals surface area contributed by atoms with E-state index < -0.39 is 0 Å². The second-order valence-electron chi connectivity index (χ2n) is 1.96. The third kappa shape index (κ3) is 1.77. The molecule has 0 fully saturated rings. The summed E-state index contributed by atoms with van der Waals surface area (Å²) in [7, 11) is 0. The quantitative estimate of drug-likeness (QED) is 0.594. The number of fused-ring (bicyclic) bond motifs is 1. The van der Waals surface area contributed by atoms with Crippen molar-refractivity contribution in [2.75, 3.05) is 6.26 Å². The maximum absolute atomic E-state index is 5.12. The molecule has 0 aliphatic heterocycles. The fourth-order valence-corrected chi connectivity index (χ4v) is 0.906. The predicted octanol–water partition coefficient (Wildman–Crippen LogP) is 2.98. The second kappa shape index (κ2) is 4.09. The lowest BCUT2D eigenvalue weighted by molar-refractivity contribution is 0.616. The molecule has 0 amide bonds. The molecule has 58 valence electrons. The van der Waals surface area contributed by atoms with Crippen LogP contribution in [0.1, 0.15) is 0 Å². The van der Waals surface area contributed by atoms with Crippen molar-refractivity contribution in [3.63, 3.8) is 0 Å². The van der Waals surface area contributed by atoms with Crippen molar-refractivity contribution in [3.05, 3.63) is 36.6 Å². The molecule has 11 heavy (non-hydrogen) atoms. The van der Waals surface area contributed by atoms with Crippen LogP contribution in [0.2, 0.25) is 0 Å². The molecular formula is C9H10OS. The average Bonchev–Trinajstić information content (AvgIpc) is 2.55. The fraction of sp³-hybridized carbons (Fsp3) is 0.111. The van der Waals surface area contributed by atoms with Gasteiger partial charge in [-0.1, -0.05) is 18.2 Å². The summed E-state index contributed by atoms with van der Waals surface area (Å²) < 4.78 is 5.12. The minimum atomic E-state index is 0.956. The van der Waals surface area contributed by atoms with E-state index in [1.165, 1.54) is 0 Å². The monoisotopic (exact) mass is 166 g/mol. The molecule has 2 aromatic rings. The van der Waals surface area contributed by atoms with Crippen LogP contribution in [0.5, 0.6) is 0 Å². The summed E-state index contributed by atoms with van der Waals surface area (Å²) >= 11 is 3.53. The van der Waals surface area contributed by atoms with Gasteiger partial charge in [0.25, 0.3) is 0 Å². The highest BCUT2D eigenvalue weighted by Crippen LogP contribution is 2.12. The lowest BCUT2D eigenvalue weighted by Gasteiger charge is -1.81. The van der Waals surface area contributed by atoms with Gasteiger partial charge in [0.05, 0.1) is 6.26 Å². The zero-order valence-corrected chi connectivity index (χ0v) is 7.21. The summed E-state index contributed by atoms with van der Waals surface area (Å²) in [5.41, 5.74) is 0.956. The van der Waals surface area contributed by atoms with Crippen molar-refractivity contribution in [2.45, 2.75) is 0 Å². The van der Waals surface area contributed by atoms with Crippen LogP contribution >= 0.6 is 12.6 Å². The van der Waals surface area contributed by atoms with Crippen molar-refractivity contribution in [1.82, 2.24) is 0 Å². The van der Waals surface area contributed by atoms with E-state index in [-0.39, 0.29) is 0 Å². The standard InChI is InChI=1S/C8H6O.CH4S/c1-2-4-8-7(3-1)5-6-9-8;1-2/h1-6H;2H,1H3. The number of hydrogen-bond acceptors (Lipinski definition) is 2. The minimum absolute atomic E-state index is 0.956. The first kappa shape index (κ1) is 8.21. The number of para-hydroxylation sites is 1. The zero-order chi connectivity index (χ0) is 8.10. The van der Waals surface area contributed by atoms with Crippen LogP contribution in [0.4, 0.5) is 0 Å². The fourth-order valence-electron chi connectivity index (χ4n) is 0.906. The minimum Gasteiger partial charge on any atom is -0.464 e. The van der Waals surface area contributed by atoms with Gasteiger partial charge in [0.1, 0.15) is 5.58 Å². The van der Waals surface area contributed by atoms with E-state index in [1.54, 1.807) is 12.5 Å². The van der Waals surface area contributed by atoms with Gasteiger partial charge < -0.3 is 4.42 Å². The van der Waals surface area contributed by atoms with E-state index in [2.05, 4.69) is 12.6 Å². The third-order valence-corrected chi connectivity index (χ3v) is 1.36. The van der Waals surface area contributed by atoms with E-state index in [4.69, 9.17) is 4.42 Å². The molecule has 1 heterocycles. The number of benzene rings is 1. The van der Waals surface area contributed by atoms with Crippen LogP contribution in [0.15, 0.2) is 41.0 Å². The first-order valence-corrected chi connectivity index (χ1v) is 4.23. The van der Waals surface area contributed by atoms with E-state index in [1.807, 2.05) is 30.3 Å². The average molecular weight is 166 g/mol. The molecule has 1 aromatic heterocycles. The van der Waals surface area contributed by atoms with Crippen molar-refractivity contribution in [3.8, 4) is 0 Å². The zero-order valence-electron chi connectivity index (χ0n) is 6.32. The Morgan fingerprint density at radius 1 is 1.09 bits per heavy atom. The molecule has 1 nitrogen and oxygen atoms in total. The largest absolute Gasteiger partial charge is 0.464 e. The molecule has 2 heteroatoms. The molecule has 0 unspecified atom stereocenters. The van der Waals surface area contributed by atoms with Gasteiger partial charge in [-0.25, -0.2) is 0 Å². The second-order valence-corrected chi connectivity index (χ2v) is 1.96. The van der Waals surface area contributed by atoms with Gasteiger partial charge in [0.2, 0.25) is 0 Å². The summed E-state index contributed by atoms with van der Waals surface area (Å²) in [6, 6.07) is 9.90. The first-order chi connectivity index (χ1) is 5.47. The van der Waals surface area contributed by atoms with Gasteiger partial charge in [-0.15, -0.1) is 0 Å². The highest BCUT2D eigenvalue weighted by molar-refractivity contribution is 7.79. The van der Waals surface area contributed by atoms with Gasteiger partial charge in [-0.05, 0) is 18.4 Å². The Balaban J connectivity index is 0.000000281. The maximum Gasteiger partial charge on any atom is 0.133 e. The van der Waals surface area contributed by atoms with Crippen LogP contribution < -0.4 is 0 Å². The smallest absolute Gasteiger partial charge is 0.133 e. The highest BCUT2D eigenvalue weighted by atomic mass is 32.1. The molecule has 0 spiro atoms. The molecular weight excluding hydrogens is 156 g/mol. The Morgan fingerprint density at radius 2 is 1.82 bits per heavy atom. The van der Waals surface area contributed by atoms with Crippen molar-refractivity contribution in [2.24, 2.45) is 0 Å². The van der Waals surface area contributed by atoms with Gasteiger partial charge in [-0.3, -0.25) is 0 Å². The van der Waals surface area contributed by atoms with E-state index in [9.17, 15) is 0 Å². The lowest BCUT2D eigenvalue weighted by Crippen LogP contribution is -1.57. The Kier molecular flexibility index (Phi) is 3.05. The van der Waals surface area contributed by atoms with Crippen LogP contribution in [0.3, 0.4) is 0 Å². The Morgan fingerprint density at radius 3 is 2.55 bits per heavy atom. The molecule has 1 aromatic carbocycles. The molecule has 0 saturated carbocycles. The SMILES string of the molecule is CS.c1ccc2occc2c1. The highest BCUT2D eigenvalue weighted by Gasteiger charge is 1.89. The Bertz CT molecular complexity index is 284. The maximum atomic E-state index is 5.12. The number of thiol groups is 1. The molecule has 0 atom stereocenters. The number of rotatable bonds is 0. The van der Waals surface area contributed by atoms with Crippen LogP contribution in [0.25, 0.3) is 11.0 Å². The normalized spacial score (nSPS) is 8.91. The van der Waals surface area contributed by atoms with E-state index in [0.29, 0.717) is 0 Å². The molecule has 0 N–H and O–H groups in total. The number of hydrogen-bond donors (Lipinski definition) is 1. The van der Waals surface area contributed by atoms with Crippen molar-refractivity contribution < 1.29 is 4.42 Å². The molecule has 0 bridgehead atoms. The van der Waals surface area contributed by atoms with Crippen LogP contribution in [0, 0.1) is 0 Å². The Labute approximate surface area is 71.4 Å². The molecule has 0 radical (unpaired) electrons. The van der Waals surface area contributed by atoms with Gasteiger partial charge in [-0.2, -0.15) is 12.6 Å². The predicted molar refractivity (Wildman–Crippen MR) is 51.1 cm³/mol. The first-order valence-electron chi connectivity index (χ1n) is 3.34. The molecule has 0 aliphatic carbocycles. The third-order valence-electron chi connectivity index (χ3n) is 1.36. The van der Waals surface area contributed by atoms with Crippen LogP contribution in [-0.4, -0.2) is 6.26 Å². The van der Waals surface area contributed by atoms with Gasteiger partial charge in [0.15, 0.2) is 0 Å². The summed E-state index contributed by atoms with van der Waals surface area (Å²) in [5.74, 6) is 0. The van der Waals surface area contributed by atoms with Crippen molar-refractivity contribution in [1.29, 1.82) is 0 Å². The summed E-state index contributed by atoms with van der Waals surface area (Å²) in [4.78, 5) is 0. The molecule has 2 rings (SSSR count). The number of furan rings is 1. The van der Waals surface area contributed by atoms with Crippen LogP contribution in [-0.2, 0) is 0 Å². The van der Waals surface area contributed by atoms with E-state index in [0.717, 1.165) is 11.0 Å². The molecule has 0 aliphatic rings.